The van der Waals surface area contributed by atoms with E-state index in [1.165, 1.54) is 7.11 Å². The second-order valence-electron chi connectivity index (χ2n) is 4.72. The van der Waals surface area contributed by atoms with E-state index in [-0.39, 0.29) is 12.3 Å². The molecular weight excluding hydrogens is 244 g/mol. The summed E-state index contributed by atoms with van der Waals surface area (Å²) in [5, 5.41) is 9.93. The van der Waals surface area contributed by atoms with Gasteiger partial charge in [-0.3, -0.25) is 0 Å². The third-order valence-electron chi connectivity index (χ3n) is 2.09. The first kappa shape index (κ1) is 16.8. The maximum absolute atomic E-state index is 11.5. The third-order valence-corrected chi connectivity index (χ3v) is 3.50. The van der Waals surface area contributed by atoms with Gasteiger partial charge in [0.15, 0.2) is 0 Å². The van der Waals surface area contributed by atoms with E-state index < -0.39 is 15.6 Å². The highest BCUT2D eigenvalue weighted by Gasteiger charge is 2.23. The average Bonchev–Trinajstić information content (AvgIpc) is 2.14. The highest BCUT2D eigenvalue weighted by Crippen LogP contribution is 2.03. The molecule has 0 saturated carbocycles. The van der Waals surface area contributed by atoms with E-state index in [0.29, 0.717) is 19.6 Å². The van der Waals surface area contributed by atoms with Crippen molar-refractivity contribution in [3.05, 3.63) is 0 Å². The van der Waals surface area contributed by atoms with Gasteiger partial charge in [-0.15, -0.1) is 0 Å². The first-order valence-electron chi connectivity index (χ1n) is 5.52. The molecule has 0 spiro atoms. The normalized spacial score (nSPS) is 16.1. The molecule has 17 heavy (non-hydrogen) atoms. The van der Waals surface area contributed by atoms with Gasteiger partial charge in [0.2, 0.25) is 10.0 Å². The number of ether oxygens (including phenoxy) is 1. The zero-order valence-corrected chi connectivity index (χ0v) is 11.9. The second kappa shape index (κ2) is 7.27. The predicted molar refractivity (Wildman–Crippen MR) is 67.5 cm³/mol. The first-order valence-corrected chi connectivity index (χ1v) is 7.17. The van der Waals surface area contributed by atoms with E-state index in [0.717, 1.165) is 0 Å². The largest absolute Gasteiger partial charge is 0.387 e. The Morgan fingerprint density at radius 3 is 2.47 bits per heavy atom. The summed E-state index contributed by atoms with van der Waals surface area (Å²) < 4.78 is 30.3. The standard InChI is InChI=1S/C10H24N2O4S/c1-10(13,9-12(2)3)8-11-17(14,15)7-5-6-16-4/h11,13H,5-9H2,1-4H3. The number of nitrogens with zero attached hydrogens (tertiary/aromatic N) is 1. The van der Waals surface area contributed by atoms with Crippen LogP contribution in [-0.4, -0.2) is 70.7 Å². The van der Waals surface area contributed by atoms with Crippen LogP contribution in [0.25, 0.3) is 0 Å². The van der Waals surface area contributed by atoms with Gasteiger partial charge >= 0.3 is 0 Å². The van der Waals surface area contributed by atoms with Gasteiger partial charge in [0.05, 0.1) is 11.4 Å². The Labute approximate surface area is 104 Å². The SMILES string of the molecule is COCCCS(=O)(=O)NCC(C)(O)CN(C)C. The molecule has 0 saturated heterocycles. The van der Waals surface area contributed by atoms with Gasteiger partial charge in [0, 0.05) is 26.8 Å². The number of likely N-dealkylation sites (N-methyl/N-ethyl adjacent to an activating group) is 1. The molecule has 0 radical (unpaired) electrons. The van der Waals surface area contributed by atoms with E-state index in [4.69, 9.17) is 4.74 Å². The molecule has 0 bridgehead atoms. The van der Waals surface area contributed by atoms with Crippen molar-refractivity contribution in [1.82, 2.24) is 9.62 Å². The first-order chi connectivity index (χ1) is 7.68. The Hall–Kier alpha value is -0.210. The predicted octanol–water partition coefficient (Wildman–Crippen LogP) is -0.745. The van der Waals surface area contributed by atoms with Crippen LogP contribution in [0.5, 0.6) is 0 Å². The molecule has 0 rings (SSSR count). The topological polar surface area (TPSA) is 78.9 Å². The maximum atomic E-state index is 11.5. The minimum atomic E-state index is -3.33. The minimum absolute atomic E-state index is 0.0128. The number of methoxy groups -OCH3 is 1. The average molecular weight is 268 g/mol. The van der Waals surface area contributed by atoms with Crippen molar-refractivity contribution < 1.29 is 18.3 Å². The number of sulfonamides is 1. The van der Waals surface area contributed by atoms with Crippen molar-refractivity contribution in [2.24, 2.45) is 0 Å². The summed E-state index contributed by atoms with van der Waals surface area (Å²) in [6.07, 6.45) is 0.446. The van der Waals surface area contributed by atoms with Crippen molar-refractivity contribution in [2.45, 2.75) is 18.9 Å². The molecule has 7 heteroatoms. The number of rotatable bonds is 9. The van der Waals surface area contributed by atoms with Crippen molar-refractivity contribution >= 4 is 10.0 Å². The summed E-state index contributed by atoms with van der Waals surface area (Å²) in [6, 6.07) is 0. The fourth-order valence-electron chi connectivity index (χ4n) is 1.47. The molecule has 1 unspecified atom stereocenters. The van der Waals surface area contributed by atoms with E-state index in [9.17, 15) is 13.5 Å². The molecule has 1 atom stereocenters. The van der Waals surface area contributed by atoms with Crippen LogP contribution in [0.2, 0.25) is 0 Å². The van der Waals surface area contributed by atoms with Crippen molar-refractivity contribution in [3.8, 4) is 0 Å². The second-order valence-corrected chi connectivity index (χ2v) is 6.65. The molecule has 0 amide bonds. The van der Waals surface area contributed by atoms with Crippen molar-refractivity contribution in [2.75, 3.05) is 46.7 Å². The molecule has 0 heterocycles. The van der Waals surface area contributed by atoms with Crippen LogP contribution < -0.4 is 4.72 Å². The molecule has 2 N–H and O–H groups in total. The molecule has 6 nitrogen and oxygen atoms in total. The lowest BCUT2D eigenvalue weighted by Gasteiger charge is -2.27. The van der Waals surface area contributed by atoms with E-state index >= 15 is 0 Å². The van der Waals surface area contributed by atoms with E-state index in [1.54, 1.807) is 11.8 Å². The summed E-state index contributed by atoms with van der Waals surface area (Å²) in [5.41, 5.74) is -1.07. The van der Waals surface area contributed by atoms with Crippen molar-refractivity contribution in [1.29, 1.82) is 0 Å². The van der Waals surface area contributed by atoms with E-state index in [2.05, 4.69) is 4.72 Å². The summed E-state index contributed by atoms with van der Waals surface area (Å²) in [7, 11) is 1.84. The van der Waals surface area contributed by atoms with Gasteiger partial charge in [0.1, 0.15) is 0 Å². The lowest BCUT2D eigenvalue weighted by molar-refractivity contribution is 0.0386. The lowest BCUT2D eigenvalue weighted by Crippen LogP contribution is -2.47. The molecule has 104 valence electrons. The van der Waals surface area contributed by atoms with Gasteiger partial charge in [0.25, 0.3) is 0 Å². The fourth-order valence-corrected chi connectivity index (χ4v) is 2.64. The van der Waals surface area contributed by atoms with Crippen LogP contribution in [-0.2, 0) is 14.8 Å². The Morgan fingerprint density at radius 1 is 1.41 bits per heavy atom. The molecule has 0 aromatic heterocycles. The number of aliphatic hydroxyl groups is 1. The monoisotopic (exact) mass is 268 g/mol. The molecule has 0 aliphatic rings. The molecular formula is C10H24N2O4S. The Balaban J connectivity index is 4.08. The van der Waals surface area contributed by atoms with Crippen LogP contribution in [0.1, 0.15) is 13.3 Å². The molecule has 0 aliphatic carbocycles. The number of hydrogen-bond acceptors (Lipinski definition) is 5. The third kappa shape index (κ3) is 9.49. The zero-order valence-electron chi connectivity index (χ0n) is 11.1. The quantitative estimate of drug-likeness (QED) is 0.538. The lowest BCUT2D eigenvalue weighted by atomic mass is 10.1. The van der Waals surface area contributed by atoms with Crippen LogP contribution >= 0.6 is 0 Å². The molecule has 0 fully saturated rings. The molecule has 0 aliphatic heterocycles. The van der Waals surface area contributed by atoms with Crippen LogP contribution in [0.15, 0.2) is 0 Å². The van der Waals surface area contributed by atoms with Gasteiger partial charge < -0.3 is 14.7 Å². The van der Waals surface area contributed by atoms with Crippen LogP contribution in [0, 0.1) is 0 Å². The van der Waals surface area contributed by atoms with Gasteiger partial charge in [-0.05, 0) is 27.4 Å². The highest BCUT2D eigenvalue weighted by molar-refractivity contribution is 7.89. The zero-order chi connectivity index (χ0) is 13.5. The summed E-state index contributed by atoms with van der Waals surface area (Å²) in [4.78, 5) is 1.80. The van der Waals surface area contributed by atoms with Gasteiger partial charge in [-0.25, -0.2) is 13.1 Å². The maximum Gasteiger partial charge on any atom is 0.211 e. The van der Waals surface area contributed by atoms with Gasteiger partial charge in [-0.1, -0.05) is 0 Å². The minimum Gasteiger partial charge on any atom is -0.387 e. The molecule has 0 aromatic rings. The molecule has 0 aromatic carbocycles. The Morgan fingerprint density at radius 2 is 2.00 bits per heavy atom. The fraction of sp³-hybridized carbons (Fsp3) is 1.00. The Kier molecular flexibility index (Phi) is 7.18. The Bertz CT molecular complexity index is 301. The summed E-state index contributed by atoms with van der Waals surface area (Å²) >= 11 is 0. The van der Waals surface area contributed by atoms with Gasteiger partial charge in [-0.2, -0.15) is 0 Å². The van der Waals surface area contributed by atoms with E-state index in [1.807, 2.05) is 14.1 Å². The van der Waals surface area contributed by atoms with Crippen molar-refractivity contribution in [3.63, 3.8) is 0 Å². The smallest absolute Gasteiger partial charge is 0.211 e. The number of hydrogen-bond donors (Lipinski definition) is 2. The summed E-state index contributed by atoms with van der Waals surface area (Å²) in [5.74, 6) is 0.0128. The number of nitrogens with one attached hydrogen (secondary N) is 1. The van der Waals surface area contributed by atoms with Crippen LogP contribution in [0.3, 0.4) is 0 Å². The highest BCUT2D eigenvalue weighted by atomic mass is 32.2. The summed E-state index contributed by atoms with van der Waals surface area (Å²) in [6.45, 7) is 2.42. The van der Waals surface area contributed by atoms with Crippen LogP contribution in [0.4, 0.5) is 0 Å².